The van der Waals surface area contributed by atoms with E-state index in [0.717, 1.165) is 11.1 Å². The number of methoxy groups -OCH3 is 1. The molecule has 2 aromatic carbocycles. The number of nitrogens with zero attached hydrogens (tertiary/aromatic N) is 3. The third-order valence-corrected chi connectivity index (χ3v) is 7.16. The lowest BCUT2D eigenvalue weighted by Crippen LogP contribution is -2.50. The normalized spacial score (nSPS) is 15.1. The SMILES string of the molecule is COc1ccc([N+](=O)[O-])cc1C(=O)N1CCN(S(=O)(=O)c2ccc(C)c(C)c2)CC1. The minimum Gasteiger partial charge on any atom is -0.496 e. The van der Waals surface area contributed by atoms with Gasteiger partial charge in [0.05, 0.1) is 22.5 Å². The molecule has 0 atom stereocenters. The van der Waals surface area contributed by atoms with Gasteiger partial charge in [-0.05, 0) is 43.2 Å². The van der Waals surface area contributed by atoms with Crippen LogP contribution in [0, 0.1) is 24.0 Å². The van der Waals surface area contributed by atoms with Crippen molar-refractivity contribution >= 4 is 21.6 Å². The minimum atomic E-state index is -3.66. The predicted molar refractivity (Wildman–Crippen MR) is 110 cm³/mol. The fraction of sp³-hybridized carbons (Fsp3) is 0.350. The molecule has 10 heteroatoms. The van der Waals surface area contributed by atoms with Crippen LogP contribution < -0.4 is 4.74 Å². The number of sulfonamides is 1. The summed E-state index contributed by atoms with van der Waals surface area (Å²) >= 11 is 0. The van der Waals surface area contributed by atoms with Crippen LogP contribution in [0.3, 0.4) is 0 Å². The van der Waals surface area contributed by atoms with Crippen LogP contribution in [0.25, 0.3) is 0 Å². The number of nitro benzene ring substituents is 1. The molecule has 0 N–H and O–H groups in total. The summed E-state index contributed by atoms with van der Waals surface area (Å²) in [6.07, 6.45) is 0. The Morgan fingerprint density at radius 2 is 1.70 bits per heavy atom. The van der Waals surface area contributed by atoms with Crippen molar-refractivity contribution in [2.24, 2.45) is 0 Å². The maximum Gasteiger partial charge on any atom is 0.270 e. The molecule has 0 aromatic heterocycles. The number of benzene rings is 2. The Kier molecular flexibility index (Phi) is 6.09. The van der Waals surface area contributed by atoms with Gasteiger partial charge in [0.25, 0.3) is 11.6 Å². The maximum absolute atomic E-state index is 12.9. The molecule has 1 aliphatic rings. The third kappa shape index (κ3) is 4.14. The number of rotatable bonds is 5. The first-order valence-electron chi connectivity index (χ1n) is 9.34. The van der Waals surface area contributed by atoms with Crippen LogP contribution in [0.2, 0.25) is 0 Å². The first kappa shape index (κ1) is 21.7. The van der Waals surface area contributed by atoms with Gasteiger partial charge in [-0.25, -0.2) is 8.42 Å². The summed E-state index contributed by atoms with van der Waals surface area (Å²) in [4.78, 5) is 25.1. The zero-order chi connectivity index (χ0) is 22.1. The van der Waals surface area contributed by atoms with Gasteiger partial charge in [0.15, 0.2) is 0 Å². The molecule has 1 saturated heterocycles. The van der Waals surface area contributed by atoms with Crippen LogP contribution >= 0.6 is 0 Å². The smallest absolute Gasteiger partial charge is 0.270 e. The van der Waals surface area contributed by atoms with E-state index in [-0.39, 0.29) is 48.1 Å². The molecule has 1 aliphatic heterocycles. The Morgan fingerprint density at radius 1 is 1.03 bits per heavy atom. The quantitative estimate of drug-likeness (QED) is 0.529. The number of hydrogen-bond donors (Lipinski definition) is 0. The van der Waals surface area contributed by atoms with Crippen molar-refractivity contribution in [1.82, 2.24) is 9.21 Å². The lowest BCUT2D eigenvalue weighted by molar-refractivity contribution is -0.384. The average molecular weight is 433 g/mol. The van der Waals surface area contributed by atoms with Crippen LogP contribution in [0.1, 0.15) is 21.5 Å². The molecule has 30 heavy (non-hydrogen) atoms. The molecule has 1 fully saturated rings. The highest BCUT2D eigenvalue weighted by molar-refractivity contribution is 7.89. The molecule has 0 radical (unpaired) electrons. The molecule has 1 amide bonds. The van der Waals surface area contributed by atoms with E-state index in [9.17, 15) is 23.3 Å². The van der Waals surface area contributed by atoms with E-state index in [1.807, 2.05) is 13.8 Å². The van der Waals surface area contributed by atoms with Crippen molar-refractivity contribution in [3.05, 3.63) is 63.2 Å². The van der Waals surface area contributed by atoms with Gasteiger partial charge in [-0.1, -0.05) is 6.07 Å². The summed E-state index contributed by atoms with van der Waals surface area (Å²) in [6, 6.07) is 8.84. The van der Waals surface area contributed by atoms with E-state index in [1.54, 1.807) is 18.2 Å². The van der Waals surface area contributed by atoms with Gasteiger partial charge in [0.2, 0.25) is 10.0 Å². The number of ether oxygens (including phenoxy) is 1. The molecule has 0 spiro atoms. The molecular formula is C20H23N3O6S. The van der Waals surface area contributed by atoms with Crippen molar-refractivity contribution < 1.29 is 22.9 Å². The summed E-state index contributed by atoms with van der Waals surface area (Å²) in [7, 11) is -2.28. The number of carbonyl (C=O) groups excluding carboxylic acids is 1. The Labute approximate surface area is 175 Å². The molecule has 160 valence electrons. The Balaban J connectivity index is 1.77. The van der Waals surface area contributed by atoms with Crippen LogP contribution in [0.5, 0.6) is 5.75 Å². The fourth-order valence-corrected chi connectivity index (χ4v) is 4.81. The topological polar surface area (TPSA) is 110 Å². The van der Waals surface area contributed by atoms with Crippen molar-refractivity contribution in [2.75, 3.05) is 33.3 Å². The van der Waals surface area contributed by atoms with Crippen LogP contribution in [-0.4, -0.2) is 61.7 Å². The lowest BCUT2D eigenvalue weighted by Gasteiger charge is -2.34. The number of nitro groups is 1. The minimum absolute atomic E-state index is 0.0807. The molecule has 1 heterocycles. The molecule has 2 aromatic rings. The number of carbonyl (C=O) groups is 1. The Hall–Kier alpha value is -2.98. The third-order valence-electron chi connectivity index (χ3n) is 5.27. The van der Waals surface area contributed by atoms with Gasteiger partial charge in [-0.15, -0.1) is 0 Å². The zero-order valence-corrected chi connectivity index (χ0v) is 17.8. The summed E-state index contributed by atoms with van der Waals surface area (Å²) < 4.78 is 32.4. The number of non-ortho nitro benzene ring substituents is 1. The zero-order valence-electron chi connectivity index (χ0n) is 17.0. The van der Waals surface area contributed by atoms with Crippen molar-refractivity contribution in [2.45, 2.75) is 18.7 Å². The summed E-state index contributed by atoms with van der Waals surface area (Å²) in [5.74, 6) is -0.199. The second-order valence-corrected chi connectivity index (χ2v) is 9.02. The standard InChI is InChI=1S/C20H23N3O6S/c1-14-4-6-17(12-15(14)2)30(27,28)22-10-8-21(9-11-22)20(24)18-13-16(23(25)26)5-7-19(18)29-3/h4-7,12-13H,8-11H2,1-3H3. The van der Waals surface area contributed by atoms with Crippen molar-refractivity contribution in [1.29, 1.82) is 0 Å². The van der Waals surface area contributed by atoms with Gasteiger partial charge < -0.3 is 9.64 Å². The number of amides is 1. The van der Waals surface area contributed by atoms with E-state index in [0.29, 0.717) is 0 Å². The average Bonchev–Trinajstić information content (AvgIpc) is 2.74. The molecule has 3 rings (SSSR count). The largest absolute Gasteiger partial charge is 0.496 e. The van der Waals surface area contributed by atoms with Crippen molar-refractivity contribution in [3.63, 3.8) is 0 Å². The molecule has 9 nitrogen and oxygen atoms in total. The summed E-state index contributed by atoms with van der Waals surface area (Å²) in [6.45, 7) is 4.40. The van der Waals surface area contributed by atoms with Gasteiger partial charge >= 0.3 is 0 Å². The molecule has 0 bridgehead atoms. The van der Waals surface area contributed by atoms with Gasteiger partial charge in [-0.3, -0.25) is 14.9 Å². The molecule has 0 aliphatic carbocycles. The highest BCUT2D eigenvalue weighted by Gasteiger charge is 2.32. The Morgan fingerprint density at radius 3 is 2.27 bits per heavy atom. The molecule has 0 saturated carbocycles. The van der Waals surface area contributed by atoms with E-state index in [4.69, 9.17) is 4.74 Å². The van der Waals surface area contributed by atoms with Crippen LogP contribution in [0.15, 0.2) is 41.3 Å². The van der Waals surface area contributed by atoms with Gasteiger partial charge in [-0.2, -0.15) is 4.31 Å². The van der Waals surface area contributed by atoms with Gasteiger partial charge in [0, 0.05) is 38.3 Å². The lowest BCUT2D eigenvalue weighted by atomic mass is 10.1. The first-order chi connectivity index (χ1) is 14.1. The number of piperazine rings is 1. The predicted octanol–water partition coefficient (Wildman–Crippen LogP) is 2.37. The fourth-order valence-electron chi connectivity index (χ4n) is 3.30. The summed E-state index contributed by atoms with van der Waals surface area (Å²) in [5, 5.41) is 11.1. The molecular weight excluding hydrogens is 410 g/mol. The van der Waals surface area contributed by atoms with E-state index >= 15 is 0 Å². The first-order valence-corrected chi connectivity index (χ1v) is 10.8. The Bertz CT molecular complexity index is 1090. The van der Waals surface area contributed by atoms with Crippen LogP contribution in [-0.2, 0) is 10.0 Å². The number of aryl methyl sites for hydroxylation is 2. The van der Waals surface area contributed by atoms with Crippen LogP contribution in [0.4, 0.5) is 5.69 Å². The second-order valence-electron chi connectivity index (χ2n) is 7.08. The summed E-state index contributed by atoms with van der Waals surface area (Å²) in [5.41, 5.74) is 1.77. The van der Waals surface area contributed by atoms with Crippen molar-refractivity contribution in [3.8, 4) is 5.75 Å². The maximum atomic E-state index is 12.9. The highest BCUT2D eigenvalue weighted by atomic mass is 32.2. The van der Waals surface area contributed by atoms with E-state index in [2.05, 4.69) is 0 Å². The van der Waals surface area contributed by atoms with Gasteiger partial charge in [0.1, 0.15) is 5.75 Å². The monoisotopic (exact) mass is 433 g/mol. The van der Waals surface area contributed by atoms with E-state index in [1.165, 1.54) is 34.5 Å². The van der Waals surface area contributed by atoms with E-state index < -0.39 is 20.9 Å². The highest BCUT2D eigenvalue weighted by Crippen LogP contribution is 2.26. The second kappa shape index (κ2) is 8.41. The number of hydrogen-bond acceptors (Lipinski definition) is 6. The molecule has 0 unspecified atom stereocenters.